The van der Waals surface area contributed by atoms with Crippen molar-refractivity contribution in [1.82, 2.24) is 0 Å². The summed E-state index contributed by atoms with van der Waals surface area (Å²) in [6.45, 7) is 0. The van der Waals surface area contributed by atoms with E-state index in [2.05, 4.69) is 0 Å². The minimum Gasteiger partial charge on any atom is -0.481 e. The molecule has 1 aromatic rings. The maximum absolute atomic E-state index is 10.8. The lowest BCUT2D eigenvalue weighted by Gasteiger charge is -2.04. The smallest absolute Gasteiger partial charge is 0.336 e. The average molecular weight is 229 g/mol. The zero-order valence-electron chi connectivity index (χ0n) is 7.74. The van der Waals surface area contributed by atoms with Crippen molar-refractivity contribution < 1.29 is 19.8 Å². The van der Waals surface area contributed by atoms with E-state index in [0.29, 0.717) is 11.1 Å². The molecule has 0 aliphatic rings. The van der Waals surface area contributed by atoms with Crippen molar-refractivity contribution in [2.75, 3.05) is 0 Å². The van der Waals surface area contributed by atoms with Gasteiger partial charge in [-0.3, -0.25) is 4.79 Å². The van der Waals surface area contributed by atoms with E-state index in [1.165, 1.54) is 12.1 Å². The minimum atomic E-state index is -1.10. The number of hydrogen-bond acceptors (Lipinski definition) is 2. The fraction of sp³-hybridized carbons (Fsp3) is 0.200. The Hall–Kier alpha value is -1.55. The van der Waals surface area contributed by atoms with Crippen molar-refractivity contribution in [3.8, 4) is 0 Å². The molecule has 0 saturated carbocycles. The summed E-state index contributed by atoms with van der Waals surface area (Å²) in [5, 5.41) is 17.4. The van der Waals surface area contributed by atoms with Crippen LogP contribution < -0.4 is 0 Å². The highest BCUT2D eigenvalue weighted by molar-refractivity contribution is 6.17. The molecule has 0 radical (unpaired) electrons. The van der Waals surface area contributed by atoms with E-state index in [1.54, 1.807) is 6.07 Å². The lowest BCUT2D eigenvalue weighted by Crippen LogP contribution is -2.05. The fourth-order valence-corrected chi connectivity index (χ4v) is 1.46. The predicted molar refractivity (Wildman–Crippen MR) is 54.3 cm³/mol. The SMILES string of the molecule is O=C(O)Cc1ccc(CCl)c(C(=O)O)c1. The first kappa shape index (κ1) is 11.5. The van der Waals surface area contributed by atoms with Crippen LogP contribution in [-0.4, -0.2) is 22.2 Å². The molecule has 0 aliphatic heterocycles. The van der Waals surface area contributed by atoms with E-state index in [1.807, 2.05) is 0 Å². The Morgan fingerprint density at radius 3 is 2.40 bits per heavy atom. The van der Waals surface area contributed by atoms with Crippen LogP contribution in [0.25, 0.3) is 0 Å². The van der Waals surface area contributed by atoms with Gasteiger partial charge in [0.05, 0.1) is 12.0 Å². The molecule has 2 N–H and O–H groups in total. The van der Waals surface area contributed by atoms with Gasteiger partial charge < -0.3 is 10.2 Å². The van der Waals surface area contributed by atoms with Crippen LogP contribution in [0.4, 0.5) is 0 Å². The third-order valence-corrected chi connectivity index (χ3v) is 2.19. The molecule has 15 heavy (non-hydrogen) atoms. The van der Waals surface area contributed by atoms with Gasteiger partial charge in [-0.05, 0) is 17.2 Å². The van der Waals surface area contributed by atoms with Gasteiger partial charge in [0.2, 0.25) is 0 Å². The molecular weight excluding hydrogens is 220 g/mol. The number of carbonyl (C=O) groups is 2. The summed E-state index contributed by atoms with van der Waals surface area (Å²) < 4.78 is 0. The van der Waals surface area contributed by atoms with E-state index in [0.717, 1.165) is 0 Å². The lowest BCUT2D eigenvalue weighted by molar-refractivity contribution is -0.136. The molecule has 80 valence electrons. The molecule has 1 aromatic carbocycles. The molecule has 4 nitrogen and oxygen atoms in total. The van der Waals surface area contributed by atoms with Gasteiger partial charge in [0, 0.05) is 5.88 Å². The van der Waals surface area contributed by atoms with Gasteiger partial charge in [-0.15, -0.1) is 11.6 Å². The largest absolute Gasteiger partial charge is 0.481 e. The molecule has 0 amide bonds. The molecule has 0 unspecified atom stereocenters. The van der Waals surface area contributed by atoms with Crippen LogP contribution >= 0.6 is 11.6 Å². The highest BCUT2D eigenvalue weighted by atomic mass is 35.5. The zero-order valence-corrected chi connectivity index (χ0v) is 8.49. The van der Waals surface area contributed by atoms with E-state index in [9.17, 15) is 9.59 Å². The quantitative estimate of drug-likeness (QED) is 0.770. The Morgan fingerprint density at radius 2 is 1.93 bits per heavy atom. The highest BCUT2D eigenvalue weighted by Gasteiger charge is 2.11. The normalized spacial score (nSPS) is 9.93. The Balaban J connectivity index is 3.10. The molecule has 0 spiro atoms. The van der Waals surface area contributed by atoms with Crippen LogP contribution in [0.5, 0.6) is 0 Å². The first-order valence-electron chi connectivity index (χ1n) is 4.17. The zero-order chi connectivity index (χ0) is 11.4. The number of alkyl halides is 1. The maximum atomic E-state index is 10.8. The van der Waals surface area contributed by atoms with Crippen LogP contribution in [-0.2, 0) is 17.1 Å². The first-order valence-corrected chi connectivity index (χ1v) is 4.71. The minimum absolute atomic E-state index is 0.0590. The van der Waals surface area contributed by atoms with Crippen molar-refractivity contribution in [2.24, 2.45) is 0 Å². The Bertz CT molecular complexity index is 400. The standard InChI is InChI=1S/C10H9ClO4/c11-5-7-2-1-6(4-9(12)13)3-8(7)10(14)15/h1-3H,4-5H2,(H,12,13)(H,14,15). The maximum Gasteiger partial charge on any atom is 0.336 e. The van der Waals surface area contributed by atoms with Gasteiger partial charge >= 0.3 is 11.9 Å². The second kappa shape index (κ2) is 4.79. The molecule has 0 aromatic heterocycles. The number of carboxylic acid groups (broad SMARTS) is 2. The topological polar surface area (TPSA) is 74.6 Å². The Morgan fingerprint density at radius 1 is 1.27 bits per heavy atom. The Kier molecular flexibility index (Phi) is 3.68. The molecule has 5 heteroatoms. The summed E-state index contributed by atoms with van der Waals surface area (Å²) in [6.07, 6.45) is -0.192. The summed E-state index contributed by atoms with van der Waals surface area (Å²) in [7, 11) is 0. The average Bonchev–Trinajstić information content (AvgIpc) is 2.16. The van der Waals surface area contributed by atoms with Gasteiger partial charge in [0.15, 0.2) is 0 Å². The van der Waals surface area contributed by atoms with Crippen LogP contribution in [0.15, 0.2) is 18.2 Å². The van der Waals surface area contributed by atoms with Crippen LogP contribution in [0.3, 0.4) is 0 Å². The number of halogens is 1. The molecular formula is C10H9ClO4. The van der Waals surface area contributed by atoms with Crippen molar-refractivity contribution in [3.05, 3.63) is 34.9 Å². The number of aliphatic carboxylic acids is 1. The first-order chi connectivity index (χ1) is 7.04. The summed E-state index contributed by atoms with van der Waals surface area (Å²) in [6, 6.07) is 4.45. The second-order valence-electron chi connectivity index (χ2n) is 3.00. The van der Waals surface area contributed by atoms with E-state index < -0.39 is 11.9 Å². The van der Waals surface area contributed by atoms with Gasteiger partial charge in [0.1, 0.15) is 0 Å². The van der Waals surface area contributed by atoms with Crippen LogP contribution in [0.2, 0.25) is 0 Å². The van der Waals surface area contributed by atoms with Crippen LogP contribution in [0, 0.1) is 0 Å². The summed E-state index contributed by atoms with van der Waals surface area (Å²) in [5.74, 6) is -2.00. The molecule has 0 atom stereocenters. The highest BCUT2D eigenvalue weighted by Crippen LogP contribution is 2.15. The number of hydrogen-bond donors (Lipinski definition) is 2. The number of rotatable bonds is 4. The number of aromatic carboxylic acids is 1. The summed E-state index contributed by atoms with van der Waals surface area (Å²) >= 11 is 5.55. The predicted octanol–water partition coefficient (Wildman–Crippen LogP) is 1.75. The summed E-state index contributed by atoms with van der Waals surface area (Å²) in [4.78, 5) is 21.2. The van der Waals surface area contributed by atoms with Gasteiger partial charge in [-0.25, -0.2) is 4.79 Å². The van der Waals surface area contributed by atoms with Crippen molar-refractivity contribution in [2.45, 2.75) is 12.3 Å². The second-order valence-corrected chi connectivity index (χ2v) is 3.27. The third-order valence-electron chi connectivity index (χ3n) is 1.90. The summed E-state index contributed by atoms with van der Waals surface area (Å²) in [5.41, 5.74) is 0.996. The van der Waals surface area contributed by atoms with Gasteiger partial charge in [0.25, 0.3) is 0 Å². The molecule has 0 fully saturated rings. The van der Waals surface area contributed by atoms with E-state index in [-0.39, 0.29) is 17.9 Å². The van der Waals surface area contributed by atoms with E-state index in [4.69, 9.17) is 21.8 Å². The molecule has 0 bridgehead atoms. The van der Waals surface area contributed by atoms with E-state index >= 15 is 0 Å². The number of carboxylic acids is 2. The third kappa shape index (κ3) is 2.95. The molecule has 0 saturated heterocycles. The Labute approximate surface area is 91.1 Å². The monoisotopic (exact) mass is 228 g/mol. The van der Waals surface area contributed by atoms with Gasteiger partial charge in [-0.2, -0.15) is 0 Å². The molecule has 1 rings (SSSR count). The number of benzene rings is 1. The van der Waals surface area contributed by atoms with Gasteiger partial charge in [-0.1, -0.05) is 12.1 Å². The van der Waals surface area contributed by atoms with Crippen molar-refractivity contribution in [3.63, 3.8) is 0 Å². The molecule has 0 aliphatic carbocycles. The van der Waals surface area contributed by atoms with Crippen molar-refractivity contribution in [1.29, 1.82) is 0 Å². The van der Waals surface area contributed by atoms with Crippen molar-refractivity contribution >= 4 is 23.5 Å². The molecule has 0 heterocycles. The van der Waals surface area contributed by atoms with Crippen LogP contribution in [0.1, 0.15) is 21.5 Å². The fourth-order valence-electron chi connectivity index (χ4n) is 1.22. The lowest BCUT2D eigenvalue weighted by atomic mass is 10.0.